The Bertz CT molecular complexity index is 473. The highest BCUT2D eigenvalue weighted by atomic mass is 16.2. The van der Waals surface area contributed by atoms with Gasteiger partial charge in [0, 0.05) is 0 Å². The van der Waals surface area contributed by atoms with E-state index in [9.17, 15) is 4.79 Å². The number of anilines is 2. The van der Waals surface area contributed by atoms with Crippen LogP contribution in [-0.2, 0) is 4.79 Å². The molecular weight excluding hydrogens is 262 g/mol. The zero-order valence-corrected chi connectivity index (χ0v) is 13.1. The molecule has 1 aromatic carbocycles. The number of nitrogens with zero attached hydrogens (tertiary/aromatic N) is 1. The van der Waals surface area contributed by atoms with Gasteiger partial charge in [0.15, 0.2) is 0 Å². The Hall–Kier alpha value is -1.55. The van der Waals surface area contributed by atoms with Gasteiger partial charge in [-0.05, 0) is 56.3 Å². The lowest BCUT2D eigenvalue weighted by atomic mass is 9.89. The molecule has 1 amide bonds. The first-order valence-corrected chi connectivity index (χ1v) is 7.93. The van der Waals surface area contributed by atoms with Crippen molar-refractivity contribution in [3.05, 3.63) is 24.3 Å². The lowest BCUT2D eigenvalue weighted by Crippen LogP contribution is -2.34. The third kappa shape index (κ3) is 4.74. The summed E-state index contributed by atoms with van der Waals surface area (Å²) >= 11 is 0. The number of amides is 1. The maximum Gasteiger partial charge on any atom is 0.238 e. The first-order chi connectivity index (χ1) is 10.1. The van der Waals surface area contributed by atoms with Crippen LogP contribution in [0.3, 0.4) is 0 Å². The van der Waals surface area contributed by atoms with Crippen molar-refractivity contribution in [1.82, 2.24) is 4.90 Å². The standard InChI is InChI=1S/C17H27N3O/c1-13(2)14-6-5-10-20(11-9-14)12-17(21)19-16-8-4-3-7-15(16)18/h3-4,7-8,13-14H,5-6,9-12,18H2,1-2H3,(H,19,21). The Kier molecular flexibility index (Phi) is 5.62. The van der Waals surface area contributed by atoms with Gasteiger partial charge in [-0.1, -0.05) is 26.0 Å². The van der Waals surface area contributed by atoms with E-state index in [2.05, 4.69) is 24.1 Å². The maximum absolute atomic E-state index is 12.2. The summed E-state index contributed by atoms with van der Waals surface area (Å²) in [5.41, 5.74) is 7.17. The van der Waals surface area contributed by atoms with Crippen LogP contribution in [0.2, 0.25) is 0 Å². The van der Waals surface area contributed by atoms with Crippen molar-refractivity contribution in [2.75, 3.05) is 30.7 Å². The van der Waals surface area contributed by atoms with Crippen LogP contribution in [0.15, 0.2) is 24.3 Å². The van der Waals surface area contributed by atoms with E-state index >= 15 is 0 Å². The molecule has 21 heavy (non-hydrogen) atoms. The molecular formula is C17H27N3O. The molecule has 1 unspecified atom stereocenters. The number of nitrogen functional groups attached to an aromatic ring is 1. The summed E-state index contributed by atoms with van der Waals surface area (Å²) in [5, 5.41) is 2.91. The lowest BCUT2D eigenvalue weighted by molar-refractivity contribution is -0.117. The summed E-state index contributed by atoms with van der Waals surface area (Å²) in [6, 6.07) is 7.39. The molecule has 116 valence electrons. The minimum absolute atomic E-state index is 0.0240. The zero-order chi connectivity index (χ0) is 15.2. The van der Waals surface area contributed by atoms with Crippen LogP contribution >= 0.6 is 0 Å². The lowest BCUT2D eigenvalue weighted by Gasteiger charge is -2.21. The quantitative estimate of drug-likeness (QED) is 0.838. The minimum Gasteiger partial charge on any atom is -0.397 e. The van der Waals surface area contributed by atoms with Crippen molar-refractivity contribution in [3.8, 4) is 0 Å². The summed E-state index contributed by atoms with van der Waals surface area (Å²) in [7, 11) is 0. The Morgan fingerprint density at radius 1 is 1.33 bits per heavy atom. The second kappa shape index (κ2) is 7.46. The van der Waals surface area contributed by atoms with E-state index < -0.39 is 0 Å². The third-order valence-electron chi connectivity index (χ3n) is 4.41. The smallest absolute Gasteiger partial charge is 0.238 e. The molecule has 0 aromatic heterocycles. The number of hydrogen-bond donors (Lipinski definition) is 2. The number of likely N-dealkylation sites (tertiary alicyclic amines) is 1. The van der Waals surface area contributed by atoms with Crippen LogP contribution in [0.25, 0.3) is 0 Å². The van der Waals surface area contributed by atoms with E-state index in [1.54, 1.807) is 6.07 Å². The van der Waals surface area contributed by atoms with Crippen LogP contribution in [0.5, 0.6) is 0 Å². The van der Waals surface area contributed by atoms with Gasteiger partial charge in [0.2, 0.25) is 5.91 Å². The molecule has 0 bridgehead atoms. The number of hydrogen-bond acceptors (Lipinski definition) is 3. The molecule has 1 aliphatic rings. The van der Waals surface area contributed by atoms with E-state index in [0.29, 0.717) is 17.9 Å². The summed E-state index contributed by atoms with van der Waals surface area (Å²) < 4.78 is 0. The Labute approximate surface area is 127 Å². The molecule has 1 saturated heterocycles. The van der Waals surface area contributed by atoms with Crippen LogP contribution in [0, 0.1) is 11.8 Å². The van der Waals surface area contributed by atoms with Crippen LogP contribution in [-0.4, -0.2) is 30.4 Å². The van der Waals surface area contributed by atoms with Gasteiger partial charge in [-0.3, -0.25) is 9.69 Å². The summed E-state index contributed by atoms with van der Waals surface area (Å²) in [4.78, 5) is 14.4. The number of benzene rings is 1. The molecule has 4 heteroatoms. The fourth-order valence-corrected chi connectivity index (χ4v) is 3.01. The number of nitrogens with two attached hydrogens (primary N) is 1. The van der Waals surface area contributed by atoms with Gasteiger partial charge in [0.05, 0.1) is 17.9 Å². The molecule has 1 atom stereocenters. The van der Waals surface area contributed by atoms with Crippen molar-refractivity contribution in [2.45, 2.75) is 33.1 Å². The molecule has 3 N–H and O–H groups in total. The number of carbonyl (C=O) groups excluding carboxylic acids is 1. The van der Waals surface area contributed by atoms with E-state index in [0.717, 1.165) is 24.9 Å². The number of para-hydroxylation sites is 2. The fourth-order valence-electron chi connectivity index (χ4n) is 3.01. The highest BCUT2D eigenvalue weighted by Crippen LogP contribution is 2.24. The Morgan fingerprint density at radius 3 is 2.81 bits per heavy atom. The van der Waals surface area contributed by atoms with Gasteiger partial charge in [-0.2, -0.15) is 0 Å². The molecule has 0 saturated carbocycles. The maximum atomic E-state index is 12.2. The third-order valence-corrected chi connectivity index (χ3v) is 4.41. The Morgan fingerprint density at radius 2 is 2.10 bits per heavy atom. The van der Waals surface area contributed by atoms with Crippen molar-refractivity contribution >= 4 is 17.3 Å². The zero-order valence-electron chi connectivity index (χ0n) is 13.1. The van der Waals surface area contributed by atoms with Crippen molar-refractivity contribution in [2.24, 2.45) is 11.8 Å². The fraction of sp³-hybridized carbons (Fsp3) is 0.588. The topological polar surface area (TPSA) is 58.4 Å². The number of nitrogens with one attached hydrogen (secondary N) is 1. The molecule has 0 spiro atoms. The first kappa shape index (κ1) is 15.8. The van der Waals surface area contributed by atoms with E-state index in [1.807, 2.05) is 18.2 Å². The Balaban J connectivity index is 1.84. The molecule has 0 radical (unpaired) electrons. The van der Waals surface area contributed by atoms with Gasteiger partial charge in [0.25, 0.3) is 0 Å². The van der Waals surface area contributed by atoms with E-state index in [-0.39, 0.29) is 5.91 Å². The second-order valence-electron chi connectivity index (χ2n) is 6.35. The van der Waals surface area contributed by atoms with Gasteiger partial charge in [-0.15, -0.1) is 0 Å². The average Bonchev–Trinajstić information content (AvgIpc) is 2.67. The molecule has 1 heterocycles. The van der Waals surface area contributed by atoms with Crippen molar-refractivity contribution in [1.29, 1.82) is 0 Å². The molecule has 1 fully saturated rings. The second-order valence-corrected chi connectivity index (χ2v) is 6.35. The number of carbonyl (C=O) groups is 1. The molecule has 1 aromatic rings. The summed E-state index contributed by atoms with van der Waals surface area (Å²) in [6.07, 6.45) is 3.66. The van der Waals surface area contributed by atoms with E-state index in [1.165, 1.54) is 19.3 Å². The van der Waals surface area contributed by atoms with Crippen LogP contribution < -0.4 is 11.1 Å². The van der Waals surface area contributed by atoms with Gasteiger partial charge in [0.1, 0.15) is 0 Å². The molecule has 0 aliphatic carbocycles. The monoisotopic (exact) mass is 289 g/mol. The minimum atomic E-state index is 0.0240. The average molecular weight is 289 g/mol. The number of rotatable bonds is 4. The molecule has 4 nitrogen and oxygen atoms in total. The van der Waals surface area contributed by atoms with Crippen molar-refractivity contribution in [3.63, 3.8) is 0 Å². The van der Waals surface area contributed by atoms with Crippen LogP contribution in [0.4, 0.5) is 11.4 Å². The predicted molar refractivity (Wildman–Crippen MR) is 88.1 cm³/mol. The van der Waals surface area contributed by atoms with Gasteiger partial charge >= 0.3 is 0 Å². The molecule has 2 rings (SSSR count). The first-order valence-electron chi connectivity index (χ1n) is 7.93. The highest BCUT2D eigenvalue weighted by molar-refractivity contribution is 5.95. The molecule has 1 aliphatic heterocycles. The largest absolute Gasteiger partial charge is 0.397 e. The van der Waals surface area contributed by atoms with E-state index in [4.69, 9.17) is 5.73 Å². The predicted octanol–water partition coefficient (Wildman–Crippen LogP) is 2.97. The summed E-state index contributed by atoms with van der Waals surface area (Å²) in [5.74, 6) is 1.56. The van der Waals surface area contributed by atoms with Gasteiger partial charge < -0.3 is 11.1 Å². The SMILES string of the molecule is CC(C)C1CCCN(CC(=O)Nc2ccccc2N)CC1. The van der Waals surface area contributed by atoms with Crippen LogP contribution in [0.1, 0.15) is 33.1 Å². The van der Waals surface area contributed by atoms with Gasteiger partial charge in [-0.25, -0.2) is 0 Å². The highest BCUT2D eigenvalue weighted by Gasteiger charge is 2.20. The summed E-state index contributed by atoms with van der Waals surface area (Å²) in [6.45, 7) is 7.08. The normalized spacial score (nSPS) is 20.2. The van der Waals surface area contributed by atoms with Crippen molar-refractivity contribution < 1.29 is 4.79 Å².